The number of carbonyl (C=O) groups excluding carboxylic acids is 1. The Bertz CT molecular complexity index is 382. The van der Waals surface area contributed by atoms with Crippen molar-refractivity contribution in [3.8, 4) is 0 Å². The molecule has 1 aromatic rings. The molecule has 0 spiro atoms. The molecule has 0 aliphatic heterocycles. The average molecular weight is 304 g/mol. The molecule has 0 saturated carbocycles. The highest BCUT2D eigenvalue weighted by Crippen LogP contribution is 2.12. The summed E-state index contributed by atoms with van der Waals surface area (Å²) < 4.78 is 1.00. The van der Waals surface area contributed by atoms with Gasteiger partial charge in [-0.25, -0.2) is 4.79 Å². The number of nitrogens with one attached hydrogen (secondary N) is 2. The first kappa shape index (κ1) is 13.1. The summed E-state index contributed by atoms with van der Waals surface area (Å²) in [7, 11) is 0. The van der Waals surface area contributed by atoms with Crippen molar-refractivity contribution in [3.63, 3.8) is 0 Å². The van der Waals surface area contributed by atoms with Gasteiger partial charge in [0.2, 0.25) is 0 Å². The van der Waals surface area contributed by atoms with Crippen LogP contribution in [0.4, 0.5) is 4.79 Å². The molecule has 1 rings (SSSR count). The van der Waals surface area contributed by atoms with Crippen LogP contribution in [0.25, 0.3) is 6.08 Å². The number of benzene rings is 1. The molecule has 3 nitrogen and oxygen atoms in total. The Morgan fingerprint density at radius 1 is 1.50 bits per heavy atom. The quantitative estimate of drug-likeness (QED) is 0.825. The van der Waals surface area contributed by atoms with Gasteiger partial charge in [0.1, 0.15) is 0 Å². The maximum absolute atomic E-state index is 11.1. The fourth-order valence-electron chi connectivity index (χ4n) is 1.04. The van der Waals surface area contributed by atoms with Crippen LogP contribution in [-0.4, -0.2) is 18.5 Å². The lowest BCUT2D eigenvalue weighted by molar-refractivity contribution is 0.245. The van der Waals surface area contributed by atoms with Gasteiger partial charge in [0.15, 0.2) is 0 Å². The second-order valence-corrected chi connectivity index (χ2v) is 4.27. The van der Waals surface area contributed by atoms with E-state index in [0.717, 1.165) is 10.0 Å². The fraction of sp³-hybridized carbons (Fsp3) is 0.182. The zero-order valence-corrected chi connectivity index (χ0v) is 10.9. The highest BCUT2D eigenvalue weighted by molar-refractivity contribution is 9.10. The van der Waals surface area contributed by atoms with Gasteiger partial charge in [-0.2, -0.15) is 0 Å². The Balaban J connectivity index is 2.40. The van der Waals surface area contributed by atoms with E-state index in [9.17, 15) is 4.79 Å². The molecule has 0 bridgehead atoms. The molecule has 86 valence electrons. The topological polar surface area (TPSA) is 41.1 Å². The molecule has 0 radical (unpaired) electrons. The van der Waals surface area contributed by atoms with Gasteiger partial charge in [-0.05, 0) is 23.8 Å². The van der Waals surface area contributed by atoms with Gasteiger partial charge in [-0.15, -0.1) is 11.6 Å². The van der Waals surface area contributed by atoms with E-state index in [4.69, 9.17) is 11.6 Å². The van der Waals surface area contributed by atoms with Crippen molar-refractivity contribution in [2.24, 2.45) is 0 Å². The number of carbonyl (C=O) groups is 1. The second kappa shape index (κ2) is 7.30. The third kappa shape index (κ3) is 5.19. The van der Waals surface area contributed by atoms with E-state index in [2.05, 4.69) is 26.6 Å². The van der Waals surface area contributed by atoms with Crippen molar-refractivity contribution < 1.29 is 4.79 Å². The van der Waals surface area contributed by atoms with Crippen LogP contribution < -0.4 is 10.6 Å². The molecule has 0 aliphatic rings. The minimum atomic E-state index is -0.258. The highest BCUT2D eigenvalue weighted by Gasteiger charge is 1.94. The molecule has 0 saturated heterocycles. The number of hydrogen-bond acceptors (Lipinski definition) is 1. The van der Waals surface area contributed by atoms with E-state index in [0.29, 0.717) is 12.4 Å². The van der Waals surface area contributed by atoms with Gasteiger partial charge >= 0.3 is 6.03 Å². The first-order chi connectivity index (χ1) is 7.72. The number of halogens is 2. The van der Waals surface area contributed by atoms with Crippen LogP contribution in [0.15, 0.2) is 34.9 Å². The Hall–Kier alpha value is -1.000. The molecule has 0 fully saturated rings. The van der Waals surface area contributed by atoms with Crippen LogP contribution in [-0.2, 0) is 0 Å². The normalized spacial score (nSPS) is 10.4. The Kier molecular flexibility index (Phi) is 5.96. The number of urea groups is 1. The molecule has 1 aromatic carbocycles. The summed E-state index contributed by atoms with van der Waals surface area (Å²) in [5.41, 5.74) is 1.01. The summed E-state index contributed by atoms with van der Waals surface area (Å²) in [5, 5.41) is 5.17. The standard InChI is InChI=1S/C11H12BrClN2O/c12-10-3-1-2-9(8-10)4-6-14-11(16)15-7-5-13/h1-4,6,8H,5,7H2,(H2,14,15,16)/b6-4+. The number of hydrogen-bond donors (Lipinski definition) is 2. The Labute approximate surface area is 108 Å². The van der Waals surface area contributed by atoms with Crippen LogP contribution in [0.3, 0.4) is 0 Å². The lowest BCUT2D eigenvalue weighted by Crippen LogP contribution is -2.33. The summed E-state index contributed by atoms with van der Waals surface area (Å²) in [6.07, 6.45) is 3.40. The maximum atomic E-state index is 11.1. The van der Waals surface area contributed by atoms with Gasteiger partial charge in [0.25, 0.3) is 0 Å². The zero-order chi connectivity index (χ0) is 11.8. The van der Waals surface area contributed by atoms with Gasteiger partial charge in [0, 0.05) is 23.1 Å². The predicted octanol–water partition coefficient (Wildman–Crippen LogP) is 2.96. The number of rotatable bonds is 4. The minimum absolute atomic E-state index is 0.258. The number of alkyl halides is 1. The van der Waals surface area contributed by atoms with E-state index >= 15 is 0 Å². The molecule has 0 atom stereocenters. The molecule has 2 N–H and O–H groups in total. The van der Waals surface area contributed by atoms with Crippen LogP contribution in [0.5, 0.6) is 0 Å². The summed E-state index contributed by atoms with van der Waals surface area (Å²) >= 11 is 8.80. The van der Waals surface area contributed by atoms with E-state index in [1.807, 2.05) is 30.3 Å². The summed E-state index contributed by atoms with van der Waals surface area (Å²) in [6, 6.07) is 7.51. The van der Waals surface area contributed by atoms with Crippen LogP contribution in [0, 0.1) is 0 Å². The molecule has 2 amide bonds. The van der Waals surface area contributed by atoms with Gasteiger partial charge in [0.05, 0.1) is 0 Å². The molecular formula is C11H12BrClN2O. The molecule has 0 heterocycles. The van der Waals surface area contributed by atoms with Crippen LogP contribution in [0.1, 0.15) is 5.56 Å². The SMILES string of the molecule is O=C(N/C=C/c1cccc(Br)c1)NCCCl. The molecule has 0 aliphatic carbocycles. The van der Waals surface area contributed by atoms with Gasteiger partial charge < -0.3 is 10.6 Å². The van der Waals surface area contributed by atoms with E-state index in [-0.39, 0.29) is 6.03 Å². The lowest BCUT2D eigenvalue weighted by Gasteiger charge is -2.01. The van der Waals surface area contributed by atoms with E-state index in [1.165, 1.54) is 0 Å². The van der Waals surface area contributed by atoms with Crippen molar-refractivity contribution in [2.75, 3.05) is 12.4 Å². The third-order valence-corrected chi connectivity index (χ3v) is 2.40. The smallest absolute Gasteiger partial charge is 0.318 e. The minimum Gasteiger partial charge on any atom is -0.337 e. The highest BCUT2D eigenvalue weighted by atomic mass is 79.9. The second-order valence-electron chi connectivity index (χ2n) is 2.98. The van der Waals surface area contributed by atoms with E-state index < -0.39 is 0 Å². The van der Waals surface area contributed by atoms with Crippen molar-refractivity contribution in [3.05, 3.63) is 40.5 Å². The van der Waals surface area contributed by atoms with Gasteiger partial charge in [-0.3, -0.25) is 0 Å². The molecule has 16 heavy (non-hydrogen) atoms. The van der Waals surface area contributed by atoms with Crippen molar-refractivity contribution in [1.29, 1.82) is 0 Å². The summed E-state index contributed by atoms with van der Waals surface area (Å²) in [6.45, 7) is 0.456. The monoisotopic (exact) mass is 302 g/mol. The average Bonchev–Trinajstić information content (AvgIpc) is 2.26. The largest absolute Gasteiger partial charge is 0.337 e. The third-order valence-electron chi connectivity index (χ3n) is 1.72. The molecule has 5 heteroatoms. The fourth-order valence-corrected chi connectivity index (χ4v) is 1.55. The molecular weight excluding hydrogens is 291 g/mol. The Morgan fingerprint density at radius 3 is 3.00 bits per heavy atom. The van der Waals surface area contributed by atoms with E-state index in [1.54, 1.807) is 6.20 Å². The van der Waals surface area contributed by atoms with Crippen molar-refractivity contribution in [1.82, 2.24) is 10.6 Å². The number of amides is 2. The van der Waals surface area contributed by atoms with Gasteiger partial charge in [-0.1, -0.05) is 28.1 Å². The van der Waals surface area contributed by atoms with Crippen LogP contribution >= 0.6 is 27.5 Å². The first-order valence-electron chi connectivity index (χ1n) is 4.75. The molecule has 0 unspecified atom stereocenters. The zero-order valence-electron chi connectivity index (χ0n) is 8.54. The summed E-state index contributed by atoms with van der Waals surface area (Å²) in [5.74, 6) is 0.406. The Morgan fingerprint density at radius 2 is 2.31 bits per heavy atom. The predicted molar refractivity (Wildman–Crippen MR) is 70.4 cm³/mol. The summed E-state index contributed by atoms with van der Waals surface area (Å²) in [4.78, 5) is 11.1. The molecule has 0 aromatic heterocycles. The van der Waals surface area contributed by atoms with Crippen molar-refractivity contribution in [2.45, 2.75) is 0 Å². The van der Waals surface area contributed by atoms with Crippen LogP contribution in [0.2, 0.25) is 0 Å². The van der Waals surface area contributed by atoms with Crippen molar-refractivity contribution >= 4 is 39.6 Å². The first-order valence-corrected chi connectivity index (χ1v) is 6.07. The maximum Gasteiger partial charge on any atom is 0.318 e. The lowest BCUT2D eigenvalue weighted by atomic mass is 10.2.